The van der Waals surface area contributed by atoms with Crippen LogP contribution in [0.25, 0.3) is 0 Å². The highest BCUT2D eigenvalue weighted by Crippen LogP contribution is 2.20. The van der Waals surface area contributed by atoms with Gasteiger partial charge in [-0.15, -0.1) is 0 Å². The summed E-state index contributed by atoms with van der Waals surface area (Å²) in [5.41, 5.74) is 6.30. The molecule has 0 fully saturated rings. The molecule has 0 radical (unpaired) electrons. The lowest BCUT2D eigenvalue weighted by Gasteiger charge is -2.11. The predicted molar refractivity (Wildman–Crippen MR) is 66.9 cm³/mol. The number of hydrogen-bond acceptors (Lipinski definition) is 3. The van der Waals surface area contributed by atoms with Crippen molar-refractivity contribution in [3.8, 4) is 5.75 Å². The zero-order valence-electron chi connectivity index (χ0n) is 10.1. The van der Waals surface area contributed by atoms with Crippen LogP contribution in [0.1, 0.15) is 5.56 Å². The third-order valence-electron chi connectivity index (χ3n) is 2.60. The van der Waals surface area contributed by atoms with Crippen LogP contribution in [0.2, 0.25) is 0 Å². The molecule has 0 atom stereocenters. The maximum absolute atomic E-state index is 13.1. The number of aromatic nitrogens is 2. The molecule has 2 N–H and O–H groups in total. The molecule has 0 aliphatic heterocycles. The quantitative estimate of drug-likeness (QED) is 0.846. The maximum atomic E-state index is 13.1. The summed E-state index contributed by atoms with van der Waals surface area (Å²) in [7, 11) is 0. The van der Waals surface area contributed by atoms with E-state index in [-0.39, 0.29) is 5.82 Å². The fourth-order valence-electron chi connectivity index (χ4n) is 1.72. The van der Waals surface area contributed by atoms with Crippen molar-refractivity contribution < 1.29 is 9.13 Å². The minimum atomic E-state index is -0.264. The minimum absolute atomic E-state index is 0.264. The van der Waals surface area contributed by atoms with Crippen molar-refractivity contribution in [2.24, 2.45) is 5.73 Å². The van der Waals surface area contributed by atoms with Crippen molar-refractivity contribution in [1.29, 1.82) is 0 Å². The first kappa shape index (κ1) is 12.6. The van der Waals surface area contributed by atoms with Gasteiger partial charge in [0.05, 0.1) is 12.9 Å². The lowest BCUT2D eigenvalue weighted by Crippen LogP contribution is -2.09. The van der Waals surface area contributed by atoms with Gasteiger partial charge in [-0.3, -0.25) is 0 Å². The lowest BCUT2D eigenvalue weighted by atomic mass is 10.1. The zero-order valence-corrected chi connectivity index (χ0v) is 10.1. The highest BCUT2D eigenvalue weighted by atomic mass is 19.1. The number of nitrogens with two attached hydrogens (primary N) is 1. The average molecular weight is 249 g/mol. The van der Waals surface area contributed by atoms with Crippen molar-refractivity contribution in [2.45, 2.75) is 13.0 Å². The van der Waals surface area contributed by atoms with Gasteiger partial charge in [0.15, 0.2) is 0 Å². The Hall–Kier alpha value is -1.88. The summed E-state index contributed by atoms with van der Waals surface area (Å²) in [6, 6.07) is 4.51. The van der Waals surface area contributed by atoms with E-state index >= 15 is 0 Å². The summed E-state index contributed by atoms with van der Waals surface area (Å²) >= 11 is 0. The third-order valence-corrected chi connectivity index (χ3v) is 2.60. The number of hydrogen-bond donors (Lipinski definition) is 1. The Morgan fingerprint density at radius 2 is 2.28 bits per heavy atom. The van der Waals surface area contributed by atoms with Gasteiger partial charge in [0.25, 0.3) is 0 Å². The van der Waals surface area contributed by atoms with Crippen molar-refractivity contribution in [3.63, 3.8) is 0 Å². The molecule has 0 bridgehead atoms. The van der Waals surface area contributed by atoms with Crippen LogP contribution in [-0.2, 0) is 13.0 Å². The van der Waals surface area contributed by atoms with E-state index in [0.717, 1.165) is 5.56 Å². The monoisotopic (exact) mass is 249 g/mol. The molecular weight excluding hydrogens is 233 g/mol. The van der Waals surface area contributed by atoms with Crippen molar-refractivity contribution in [1.82, 2.24) is 9.55 Å². The van der Waals surface area contributed by atoms with Gasteiger partial charge in [0, 0.05) is 12.4 Å². The first-order chi connectivity index (χ1) is 8.79. The van der Waals surface area contributed by atoms with E-state index in [1.54, 1.807) is 18.6 Å². The highest BCUT2D eigenvalue weighted by molar-refractivity contribution is 5.34. The number of nitrogens with zero attached hydrogens (tertiary/aromatic N) is 2. The van der Waals surface area contributed by atoms with Crippen LogP contribution in [0, 0.1) is 5.82 Å². The van der Waals surface area contributed by atoms with Crippen LogP contribution >= 0.6 is 0 Å². The zero-order chi connectivity index (χ0) is 12.8. The Labute approximate surface area is 105 Å². The SMILES string of the molecule is NCCc1cc(F)ccc1OCCn1ccnc1. The standard InChI is InChI=1S/C13H16FN3O/c14-12-1-2-13(11(9-12)3-4-15)18-8-7-17-6-5-16-10-17/h1-2,5-6,9-10H,3-4,7-8,15H2. The molecule has 18 heavy (non-hydrogen) atoms. The fraction of sp³-hybridized carbons (Fsp3) is 0.308. The fourth-order valence-corrected chi connectivity index (χ4v) is 1.72. The van der Waals surface area contributed by atoms with Crippen LogP contribution in [0.3, 0.4) is 0 Å². The lowest BCUT2D eigenvalue weighted by molar-refractivity contribution is 0.295. The molecule has 4 nitrogen and oxygen atoms in total. The summed E-state index contributed by atoms with van der Waals surface area (Å²) in [6.45, 7) is 1.69. The molecule has 5 heteroatoms. The van der Waals surface area contributed by atoms with Gasteiger partial charge in [-0.25, -0.2) is 9.37 Å². The van der Waals surface area contributed by atoms with Crippen LogP contribution in [0.5, 0.6) is 5.75 Å². The van der Waals surface area contributed by atoms with Gasteiger partial charge in [-0.2, -0.15) is 0 Å². The van der Waals surface area contributed by atoms with E-state index in [4.69, 9.17) is 10.5 Å². The van der Waals surface area contributed by atoms with Gasteiger partial charge in [0.1, 0.15) is 18.2 Å². The molecule has 0 spiro atoms. The van der Waals surface area contributed by atoms with Crippen molar-refractivity contribution >= 4 is 0 Å². The molecule has 0 saturated heterocycles. The smallest absolute Gasteiger partial charge is 0.123 e. The van der Waals surface area contributed by atoms with Crippen LogP contribution in [-0.4, -0.2) is 22.7 Å². The Morgan fingerprint density at radius 3 is 3.00 bits per heavy atom. The summed E-state index contributed by atoms with van der Waals surface area (Å²) in [5, 5.41) is 0. The van der Waals surface area contributed by atoms with Crippen LogP contribution < -0.4 is 10.5 Å². The van der Waals surface area contributed by atoms with E-state index in [9.17, 15) is 4.39 Å². The molecule has 2 rings (SSSR count). The topological polar surface area (TPSA) is 53.1 Å². The largest absolute Gasteiger partial charge is 0.491 e. The highest BCUT2D eigenvalue weighted by Gasteiger charge is 2.04. The van der Waals surface area contributed by atoms with Crippen molar-refractivity contribution in [3.05, 3.63) is 48.3 Å². The second kappa shape index (κ2) is 6.16. The van der Waals surface area contributed by atoms with E-state index in [2.05, 4.69) is 4.98 Å². The molecule has 1 aromatic carbocycles. The van der Waals surface area contributed by atoms with Gasteiger partial charge >= 0.3 is 0 Å². The van der Waals surface area contributed by atoms with E-state index in [0.29, 0.717) is 31.9 Å². The Morgan fingerprint density at radius 1 is 1.39 bits per heavy atom. The first-order valence-electron chi connectivity index (χ1n) is 5.86. The molecule has 0 amide bonds. The van der Waals surface area contributed by atoms with Gasteiger partial charge in [0.2, 0.25) is 0 Å². The van der Waals surface area contributed by atoms with E-state index < -0.39 is 0 Å². The van der Waals surface area contributed by atoms with E-state index in [1.165, 1.54) is 12.1 Å². The summed E-state index contributed by atoms with van der Waals surface area (Å²) in [5.74, 6) is 0.433. The molecular formula is C13H16FN3O. The normalized spacial score (nSPS) is 10.6. The third kappa shape index (κ3) is 3.30. The molecule has 96 valence electrons. The molecule has 0 aliphatic rings. The Kier molecular flexibility index (Phi) is 4.30. The summed E-state index contributed by atoms with van der Waals surface area (Å²) in [4.78, 5) is 3.95. The number of benzene rings is 1. The summed E-state index contributed by atoms with van der Waals surface area (Å²) < 4.78 is 20.7. The van der Waals surface area contributed by atoms with Gasteiger partial charge in [-0.1, -0.05) is 0 Å². The number of ether oxygens (including phenoxy) is 1. The van der Waals surface area contributed by atoms with Gasteiger partial charge in [-0.05, 0) is 36.7 Å². The number of halogens is 1. The molecule has 1 heterocycles. The maximum Gasteiger partial charge on any atom is 0.123 e. The van der Waals surface area contributed by atoms with Crippen LogP contribution in [0.15, 0.2) is 36.9 Å². The van der Waals surface area contributed by atoms with Crippen molar-refractivity contribution in [2.75, 3.05) is 13.2 Å². The number of rotatable bonds is 6. The van der Waals surface area contributed by atoms with Gasteiger partial charge < -0.3 is 15.0 Å². The molecule has 0 unspecified atom stereocenters. The Balaban J connectivity index is 1.95. The second-order valence-electron chi connectivity index (χ2n) is 3.94. The Bertz CT molecular complexity index is 485. The molecule has 0 saturated carbocycles. The predicted octanol–water partition coefficient (Wildman–Crippen LogP) is 1.60. The molecule has 1 aromatic heterocycles. The molecule has 2 aromatic rings. The molecule has 0 aliphatic carbocycles. The average Bonchev–Trinajstić information content (AvgIpc) is 2.85. The number of imidazole rings is 1. The second-order valence-corrected chi connectivity index (χ2v) is 3.94. The first-order valence-corrected chi connectivity index (χ1v) is 5.86. The van der Waals surface area contributed by atoms with E-state index in [1.807, 2.05) is 10.8 Å². The summed E-state index contributed by atoms with van der Waals surface area (Å²) in [6.07, 6.45) is 5.93. The minimum Gasteiger partial charge on any atom is -0.491 e. The van der Waals surface area contributed by atoms with Crippen LogP contribution in [0.4, 0.5) is 4.39 Å².